The van der Waals surface area contributed by atoms with Gasteiger partial charge in [0.2, 0.25) is 0 Å². The van der Waals surface area contributed by atoms with Gasteiger partial charge in [0, 0.05) is 9.37 Å². The van der Waals surface area contributed by atoms with E-state index in [0.717, 1.165) is 21.7 Å². The molecule has 0 unspecified atom stereocenters. The Morgan fingerprint density at radius 1 is 1.50 bits per heavy atom. The van der Waals surface area contributed by atoms with Crippen molar-refractivity contribution < 1.29 is 9.53 Å². The van der Waals surface area contributed by atoms with E-state index in [1.165, 1.54) is 12.8 Å². The van der Waals surface area contributed by atoms with Gasteiger partial charge in [0.05, 0.1) is 12.2 Å². The molecule has 0 radical (unpaired) electrons. The Kier molecular flexibility index (Phi) is 3.92. The van der Waals surface area contributed by atoms with Crippen LogP contribution >= 0.6 is 28.6 Å². The molecule has 0 N–H and O–H groups in total. The maximum absolute atomic E-state index is 11.7. The Hall–Kier alpha value is -0.480. The van der Waals surface area contributed by atoms with Crippen molar-refractivity contribution in [2.24, 2.45) is 5.92 Å². The molecule has 0 heterocycles. The quantitative estimate of drug-likeness (QED) is 0.678. The Bertz CT molecular complexity index is 402. The largest absolute Gasteiger partial charge is 0.462 e. The molecule has 0 amide bonds. The van der Waals surface area contributed by atoms with E-state index in [9.17, 15) is 4.79 Å². The molecule has 0 aliphatic heterocycles. The molecule has 16 heavy (non-hydrogen) atoms. The molecule has 1 saturated carbocycles. The lowest BCUT2D eigenvalue weighted by atomic mass is 10.2. The minimum atomic E-state index is -0.275. The number of esters is 1. The second-order valence-electron chi connectivity index (χ2n) is 4.03. The van der Waals surface area contributed by atoms with Crippen molar-refractivity contribution in [3.63, 3.8) is 0 Å². The second kappa shape index (κ2) is 5.23. The van der Waals surface area contributed by atoms with Crippen LogP contribution in [0.2, 0.25) is 0 Å². The summed E-state index contributed by atoms with van der Waals surface area (Å²) in [6, 6.07) is 5.35. The topological polar surface area (TPSA) is 26.3 Å². The monoisotopic (exact) mass is 300 g/mol. The summed E-state index contributed by atoms with van der Waals surface area (Å²) in [5.74, 6) is 0.510. The molecular weight excluding hydrogens is 288 g/mol. The van der Waals surface area contributed by atoms with Crippen LogP contribution in [0.1, 0.15) is 29.6 Å². The molecule has 0 bridgehead atoms. The highest BCUT2D eigenvalue weighted by Crippen LogP contribution is 2.32. The van der Waals surface area contributed by atoms with E-state index in [1.807, 2.05) is 6.07 Å². The molecule has 0 saturated heterocycles. The van der Waals surface area contributed by atoms with Gasteiger partial charge in [-0.2, -0.15) is 0 Å². The number of carbonyl (C=O) groups excluding carboxylic acids is 1. The molecule has 0 atom stereocenters. The molecule has 1 aliphatic carbocycles. The maximum Gasteiger partial charge on any atom is 0.339 e. The Balaban J connectivity index is 1.93. The van der Waals surface area contributed by atoms with Gasteiger partial charge in [-0.1, -0.05) is 12.8 Å². The van der Waals surface area contributed by atoms with Gasteiger partial charge in [-0.3, -0.25) is 0 Å². The first kappa shape index (κ1) is 12.0. The van der Waals surface area contributed by atoms with Crippen LogP contribution in [-0.2, 0) is 4.74 Å². The van der Waals surface area contributed by atoms with Crippen LogP contribution in [0.5, 0.6) is 0 Å². The van der Waals surface area contributed by atoms with Crippen LogP contribution in [0.25, 0.3) is 0 Å². The number of halogens is 1. The predicted octanol–water partition coefficient (Wildman–Crippen LogP) is 3.69. The summed E-state index contributed by atoms with van der Waals surface area (Å²) in [4.78, 5) is 12.5. The molecule has 2 rings (SSSR count). The third-order valence-electron chi connectivity index (χ3n) is 2.63. The van der Waals surface area contributed by atoms with Gasteiger partial charge in [-0.25, -0.2) is 4.79 Å². The second-order valence-corrected chi connectivity index (χ2v) is 5.40. The van der Waals surface area contributed by atoms with Crippen molar-refractivity contribution >= 4 is 34.5 Å². The first-order valence-corrected chi connectivity index (χ1v) is 6.56. The zero-order chi connectivity index (χ0) is 11.5. The maximum atomic E-state index is 11.7. The number of ether oxygens (including phenoxy) is 1. The number of hydrogen-bond acceptors (Lipinski definition) is 3. The summed E-state index contributed by atoms with van der Waals surface area (Å²) >= 11 is 7.53. The van der Waals surface area contributed by atoms with Crippen molar-refractivity contribution in [3.8, 4) is 0 Å². The fourth-order valence-electron chi connectivity index (χ4n) is 1.47. The fraction of sp³-hybridized carbons (Fsp3) is 0.417. The van der Waals surface area contributed by atoms with Crippen LogP contribution in [0.3, 0.4) is 0 Å². The lowest BCUT2D eigenvalue weighted by molar-refractivity contribution is 0.0493. The molecule has 0 aromatic heterocycles. The Morgan fingerprint density at radius 2 is 2.25 bits per heavy atom. The SMILES string of the molecule is O=C(OCCC1CC1)c1cc(S)ccc1Br. The van der Waals surface area contributed by atoms with E-state index < -0.39 is 0 Å². The van der Waals surface area contributed by atoms with Crippen molar-refractivity contribution in [3.05, 3.63) is 28.2 Å². The van der Waals surface area contributed by atoms with E-state index in [0.29, 0.717) is 12.2 Å². The molecule has 1 fully saturated rings. The van der Waals surface area contributed by atoms with Crippen LogP contribution < -0.4 is 0 Å². The van der Waals surface area contributed by atoms with Gasteiger partial charge in [0.1, 0.15) is 0 Å². The molecule has 2 nitrogen and oxygen atoms in total. The van der Waals surface area contributed by atoms with E-state index >= 15 is 0 Å². The highest BCUT2D eigenvalue weighted by molar-refractivity contribution is 9.10. The van der Waals surface area contributed by atoms with Crippen molar-refractivity contribution in [1.82, 2.24) is 0 Å². The number of benzene rings is 1. The summed E-state index contributed by atoms with van der Waals surface area (Å²) in [6.07, 6.45) is 3.56. The van der Waals surface area contributed by atoms with Gasteiger partial charge in [0.15, 0.2) is 0 Å². The summed E-state index contributed by atoms with van der Waals surface area (Å²) < 4.78 is 5.96. The smallest absolute Gasteiger partial charge is 0.339 e. The number of thiol groups is 1. The van der Waals surface area contributed by atoms with Crippen LogP contribution in [0, 0.1) is 5.92 Å². The Labute approximate surface area is 109 Å². The highest BCUT2D eigenvalue weighted by Gasteiger charge is 2.21. The third-order valence-corrected chi connectivity index (χ3v) is 3.60. The minimum absolute atomic E-state index is 0.275. The van der Waals surface area contributed by atoms with Crippen LogP contribution in [0.15, 0.2) is 27.6 Å². The van der Waals surface area contributed by atoms with Gasteiger partial charge in [0.25, 0.3) is 0 Å². The molecule has 86 valence electrons. The first-order valence-electron chi connectivity index (χ1n) is 5.32. The molecule has 1 aromatic rings. The molecule has 1 aromatic carbocycles. The van der Waals surface area contributed by atoms with E-state index in [2.05, 4.69) is 28.6 Å². The van der Waals surface area contributed by atoms with Gasteiger partial charge in [-0.15, -0.1) is 12.6 Å². The van der Waals surface area contributed by atoms with Crippen molar-refractivity contribution in [2.75, 3.05) is 6.61 Å². The average molecular weight is 301 g/mol. The van der Waals surface area contributed by atoms with Crippen LogP contribution in [-0.4, -0.2) is 12.6 Å². The highest BCUT2D eigenvalue weighted by atomic mass is 79.9. The normalized spacial score (nSPS) is 14.9. The summed E-state index contributed by atoms with van der Waals surface area (Å²) in [5.41, 5.74) is 0.545. The standard InChI is InChI=1S/C12H13BrO2S/c13-11-4-3-9(16)7-10(11)12(14)15-6-5-8-1-2-8/h3-4,7-8,16H,1-2,5-6H2. The summed E-state index contributed by atoms with van der Waals surface area (Å²) in [7, 11) is 0. The molecular formula is C12H13BrO2S. The first-order chi connectivity index (χ1) is 7.66. The predicted molar refractivity (Wildman–Crippen MR) is 69.0 cm³/mol. The lowest BCUT2D eigenvalue weighted by Crippen LogP contribution is -2.07. The van der Waals surface area contributed by atoms with Gasteiger partial charge >= 0.3 is 5.97 Å². The fourth-order valence-corrected chi connectivity index (χ4v) is 2.08. The lowest BCUT2D eigenvalue weighted by Gasteiger charge is -2.06. The number of hydrogen-bond donors (Lipinski definition) is 1. The van der Waals surface area contributed by atoms with Crippen LogP contribution in [0.4, 0.5) is 0 Å². The Morgan fingerprint density at radius 3 is 2.94 bits per heavy atom. The zero-order valence-electron chi connectivity index (χ0n) is 8.78. The third kappa shape index (κ3) is 3.25. The molecule has 4 heteroatoms. The van der Waals surface area contributed by atoms with Crippen molar-refractivity contribution in [1.29, 1.82) is 0 Å². The van der Waals surface area contributed by atoms with E-state index in [4.69, 9.17) is 4.74 Å². The zero-order valence-corrected chi connectivity index (χ0v) is 11.3. The van der Waals surface area contributed by atoms with Crippen molar-refractivity contribution in [2.45, 2.75) is 24.2 Å². The summed E-state index contributed by atoms with van der Waals surface area (Å²) in [5, 5.41) is 0. The minimum Gasteiger partial charge on any atom is -0.462 e. The summed E-state index contributed by atoms with van der Waals surface area (Å²) in [6.45, 7) is 0.521. The van der Waals surface area contributed by atoms with E-state index in [-0.39, 0.29) is 5.97 Å². The van der Waals surface area contributed by atoms with E-state index in [1.54, 1.807) is 12.1 Å². The average Bonchev–Trinajstić information content (AvgIpc) is 3.05. The number of carbonyl (C=O) groups is 1. The molecule has 1 aliphatic rings. The van der Waals surface area contributed by atoms with Gasteiger partial charge in [-0.05, 0) is 46.5 Å². The number of rotatable bonds is 4. The molecule has 0 spiro atoms. The van der Waals surface area contributed by atoms with Gasteiger partial charge < -0.3 is 4.74 Å².